The molecule has 0 aliphatic heterocycles. The molecule has 1 aromatic carbocycles. The first-order chi connectivity index (χ1) is 6.91. The van der Waals surface area contributed by atoms with E-state index in [1.807, 2.05) is 44.2 Å². The Morgan fingerprint density at radius 2 is 1.60 bits per heavy atom. The van der Waals surface area contributed by atoms with E-state index in [0.29, 0.717) is 0 Å². The van der Waals surface area contributed by atoms with Gasteiger partial charge in [-0.05, 0) is 5.56 Å². The predicted molar refractivity (Wildman–Crippen MR) is 67.7 cm³/mol. The number of hydrogen-bond acceptors (Lipinski definition) is 1. The molecule has 0 fully saturated rings. The standard InChI is InChI=1S/C11H14Cl3N/c1-8(2)15-10(11(12,13)14)9-6-4-3-5-7-9/h3-8,10,15H,1-2H3. The summed E-state index contributed by atoms with van der Waals surface area (Å²) in [7, 11) is 0. The van der Waals surface area contributed by atoms with E-state index in [9.17, 15) is 0 Å². The molecule has 0 aliphatic rings. The first kappa shape index (κ1) is 13.1. The van der Waals surface area contributed by atoms with Crippen LogP contribution in [-0.4, -0.2) is 9.83 Å². The Morgan fingerprint density at radius 1 is 1.07 bits per heavy atom. The predicted octanol–water partition coefficient (Wildman–Crippen LogP) is 4.10. The van der Waals surface area contributed by atoms with Gasteiger partial charge in [0.2, 0.25) is 3.79 Å². The van der Waals surface area contributed by atoms with E-state index < -0.39 is 3.79 Å². The van der Waals surface area contributed by atoms with Gasteiger partial charge >= 0.3 is 0 Å². The van der Waals surface area contributed by atoms with Crippen molar-refractivity contribution in [1.82, 2.24) is 5.32 Å². The third kappa shape index (κ3) is 4.20. The fraction of sp³-hybridized carbons (Fsp3) is 0.455. The lowest BCUT2D eigenvalue weighted by molar-refractivity contribution is 0.482. The molecule has 1 atom stereocenters. The first-order valence-electron chi connectivity index (χ1n) is 4.79. The second kappa shape index (κ2) is 5.40. The van der Waals surface area contributed by atoms with Gasteiger partial charge in [0.1, 0.15) is 0 Å². The first-order valence-corrected chi connectivity index (χ1v) is 5.92. The molecule has 0 spiro atoms. The number of hydrogen-bond donors (Lipinski definition) is 1. The van der Waals surface area contributed by atoms with E-state index in [2.05, 4.69) is 5.32 Å². The van der Waals surface area contributed by atoms with Gasteiger partial charge in [-0.3, -0.25) is 0 Å². The maximum absolute atomic E-state index is 5.95. The number of rotatable bonds is 3. The lowest BCUT2D eigenvalue weighted by Crippen LogP contribution is -2.36. The summed E-state index contributed by atoms with van der Waals surface area (Å²) in [5, 5.41) is 3.24. The van der Waals surface area contributed by atoms with Crippen molar-refractivity contribution in [1.29, 1.82) is 0 Å². The van der Waals surface area contributed by atoms with Gasteiger partial charge in [0.15, 0.2) is 0 Å². The summed E-state index contributed by atoms with van der Waals surface area (Å²) in [6.07, 6.45) is 0. The molecular weight excluding hydrogens is 252 g/mol. The molecule has 0 saturated carbocycles. The molecule has 1 N–H and O–H groups in total. The minimum atomic E-state index is -1.34. The van der Waals surface area contributed by atoms with Crippen molar-refractivity contribution in [3.63, 3.8) is 0 Å². The van der Waals surface area contributed by atoms with E-state index in [-0.39, 0.29) is 12.1 Å². The average Bonchev–Trinajstić information content (AvgIpc) is 2.14. The van der Waals surface area contributed by atoms with Gasteiger partial charge in [0.05, 0.1) is 6.04 Å². The van der Waals surface area contributed by atoms with Crippen molar-refractivity contribution in [3.05, 3.63) is 35.9 Å². The molecule has 0 heterocycles. The molecule has 0 amide bonds. The molecule has 1 rings (SSSR count). The van der Waals surface area contributed by atoms with Gasteiger partial charge in [-0.2, -0.15) is 0 Å². The van der Waals surface area contributed by atoms with Gasteiger partial charge in [0, 0.05) is 6.04 Å². The third-order valence-electron chi connectivity index (χ3n) is 1.96. The van der Waals surface area contributed by atoms with Crippen LogP contribution in [0.1, 0.15) is 25.5 Å². The van der Waals surface area contributed by atoms with Crippen LogP contribution in [0.15, 0.2) is 30.3 Å². The zero-order chi connectivity index (χ0) is 11.5. The van der Waals surface area contributed by atoms with Gasteiger partial charge < -0.3 is 5.32 Å². The van der Waals surface area contributed by atoms with E-state index in [4.69, 9.17) is 34.8 Å². The zero-order valence-electron chi connectivity index (χ0n) is 8.68. The molecule has 4 heteroatoms. The highest BCUT2D eigenvalue weighted by atomic mass is 35.6. The summed E-state index contributed by atoms with van der Waals surface area (Å²) >= 11 is 17.8. The number of benzene rings is 1. The van der Waals surface area contributed by atoms with Crippen molar-refractivity contribution in [2.24, 2.45) is 0 Å². The SMILES string of the molecule is CC(C)NC(c1ccccc1)C(Cl)(Cl)Cl. The molecule has 0 aliphatic carbocycles. The number of nitrogens with one attached hydrogen (secondary N) is 1. The molecule has 0 bridgehead atoms. The molecule has 0 saturated heterocycles. The minimum Gasteiger partial charge on any atom is -0.304 e. The summed E-state index contributed by atoms with van der Waals surface area (Å²) in [6, 6.07) is 9.66. The number of alkyl halides is 3. The Balaban J connectivity index is 2.92. The maximum Gasteiger partial charge on any atom is 0.209 e. The Bertz CT molecular complexity index is 292. The van der Waals surface area contributed by atoms with Crippen LogP contribution in [0.5, 0.6) is 0 Å². The van der Waals surface area contributed by atoms with E-state index in [0.717, 1.165) is 5.56 Å². The van der Waals surface area contributed by atoms with Crippen molar-refractivity contribution in [2.45, 2.75) is 29.7 Å². The molecule has 1 unspecified atom stereocenters. The highest BCUT2D eigenvalue weighted by molar-refractivity contribution is 6.68. The summed E-state index contributed by atoms with van der Waals surface area (Å²) in [4.78, 5) is 0. The Hall–Kier alpha value is 0.0500. The van der Waals surface area contributed by atoms with Crippen LogP contribution in [0.3, 0.4) is 0 Å². The van der Waals surface area contributed by atoms with Crippen LogP contribution in [-0.2, 0) is 0 Å². The van der Waals surface area contributed by atoms with E-state index in [1.165, 1.54) is 0 Å². The summed E-state index contributed by atoms with van der Waals surface area (Å²) in [5.74, 6) is 0. The second-order valence-electron chi connectivity index (χ2n) is 3.71. The van der Waals surface area contributed by atoms with E-state index in [1.54, 1.807) is 0 Å². The van der Waals surface area contributed by atoms with E-state index >= 15 is 0 Å². The molecule has 1 aromatic rings. The summed E-state index contributed by atoms with van der Waals surface area (Å²) in [6.45, 7) is 4.04. The smallest absolute Gasteiger partial charge is 0.209 e. The van der Waals surface area contributed by atoms with Crippen LogP contribution in [0.4, 0.5) is 0 Å². The van der Waals surface area contributed by atoms with Crippen LogP contribution in [0.2, 0.25) is 0 Å². The maximum atomic E-state index is 5.95. The molecule has 0 radical (unpaired) electrons. The molecular formula is C11H14Cl3N. The molecule has 15 heavy (non-hydrogen) atoms. The normalized spacial score (nSPS) is 14.3. The Kier molecular flexibility index (Phi) is 4.72. The summed E-state index contributed by atoms with van der Waals surface area (Å²) in [5.41, 5.74) is 0.978. The fourth-order valence-corrected chi connectivity index (χ4v) is 1.93. The highest BCUT2D eigenvalue weighted by Crippen LogP contribution is 2.39. The van der Waals surface area contributed by atoms with Crippen LogP contribution in [0, 0.1) is 0 Å². The average molecular weight is 267 g/mol. The Labute approximate surface area is 106 Å². The lowest BCUT2D eigenvalue weighted by Gasteiger charge is -2.28. The topological polar surface area (TPSA) is 12.0 Å². The number of halogens is 3. The minimum absolute atomic E-state index is 0.255. The Morgan fingerprint density at radius 3 is 2.00 bits per heavy atom. The fourth-order valence-electron chi connectivity index (χ4n) is 1.36. The van der Waals surface area contributed by atoms with Crippen LogP contribution in [0.25, 0.3) is 0 Å². The monoisotopic (exact) mass is 265 g/mol. The lowest BCUT2D eigenvalue weighted by atomic mass is 10.1. The van der Waals surface area contributed by atoms with Crippen molar-refractivity contribution < 1.29 is 0 Å². The third-order valence-corrected chi connectivity index (χ3v) is 2.61. The highest BCUT2D eigenvalue weighted by Gasteiger charge is 2.33. The summed E-state index contributed by atoms with van der Waals surface area (Å²) < 4.78 is -1.34. The van der Waals surface area contributed by atoms with Crippen LogP contribution < -0.4 is 5.32 Å². The second-order valence-corrected chi connectivity index (χ2v) is 6.08. The molecule has 0 aromatic heterocycles. The largest absolute Gasteiger partial charge is 0.304 e. The van der Waals surface area contributed by atoms with Crippen molar-refractivity contribution >= 4 is 34.8 Å². The van der Waals surface area contributed by atoms with Gasteiger partial charge in [-0.15, -0.1) is 0 Å². The molecule has 1 nitrogen and oxygen atoms in total. The van der Waals surface area contributed by atoms with Gasteiger partial charge in [0.25, 0.3) is 0 Å². The van der Waals surface area contributed by atoms with Crippen molar-refractivity contribution in [2.75, 3.05) is 0 Å². The van der Waals surface area contributed by atoms with Gasteiger partial charge in [-0.25, -0.2) is 0 Å². The van der Waals surface area contributed by atoms with Crippen LogP contribution >= 0.6 is 34.8 Å². The molecule has 84 valence electrons. The van der Waals surface area contributed by atoms with Gasteiger partial charge in [-0.1, -0.05) is 79.0 Å². The quantitative estimate of drug-likeness (QED) is 0.812. The van der Waals surface area contributed by atoms with Crippen molar-refractivity contribution in [3.8, 4) is 0 Å². The zero-order valence-corrected chi connectivity index (χ0v) is 10.9.